The van der Waals surface area contributed by atoms with E-state index in [-0.39, 0.29) is 0 Å². The molecule has 1 aromatic carbocycles. The van der Waals surface area contributed by atoms with Gasteiger partial charge in [0.15, 0.2) is 0 Å². The van der Waals surface area contributed by atoms with E-state index in [1.165, 1.54) is 0 Å². The van der Waals surface area contributed by atoms with E-state index in [9.17, 15) is 4.79 Å². The third-order valence-electron chi connectivity index (χ3n) is 2.00. The molecule has 1 atom stereocenters. The highest BCUT2D eigenvalue weighted by atomic mass is 35.5. The number of benzene rings is 1. The molecule has 15 heavy (non-hydrogen) atoms. The SMILES string of the molecule is CSc1ccc(Cl)cc1CC(N)C(=O)O. The van der Waals surface area contributed by atoms with Crippen molar-refractivity contribution in [2.24, 2.45) is 5.73 Å². The van der Waals surface area contributed by atoms with Crippen LogP contribution in [-0.2, 0) is 11.2 Å². The molecule has 3 N–H and O–H groups in total. The summed E-state index contributed by atoms with van der Waals surface area (Å²) in [6, 6.07) is 4.53. The third kappa shape index (κ3) is 3.41. The molecule has 1 aromatic rings. The summed E-state index contributed by atoms with van der Waals surface area (Å²) in [7, 11) is 0. The Balaban J connectivity index is 2.91. The van der Waals surface area contributed by atoms with Gasteiger partial charge in [0.2, 0.25) is 0 Å². The van der Waals surface area contributed by atoms with E-state index in [0.29, 0.717) is 11.4 Å². The summed E-state index contributed by atoms with van der Waals surface area (Å²) in [5.74, 6) is -0.998. The standard InChI is InChI=1S/C10H12ClNO2S/c1-15-9-3-2-7(11)4-6(9)5-8(12)10(13)14/h2-4,8H,5,12H2,1H3,(H,13,14). The highest BCUT2D eigenvalue weighted by Crippen LogP contribution is 2.24. The zero-order chi connectivity index (χ0) is 11.4. The van der Waals surface area contributed by atoms with Gasteiger partial charge in [0.05, 0.1) is 0 Å². The van der Waals surface area contributed by atoms with Crippen molar-refractivity contribution in [1.82, 2.24) is 0 Å². The van der Waals surface area contributed by atoms with Crippen LogP contribution >= 0.6 is 23.4 Å². The molecule has 0 radical (unpaired) electrons. The first kappa shape index (κ1) is 12.4. The monoisotopic (exact) mass is 245 g/mol. The molecule has 0 saturated carbocycles. The zero-order valence-corrected chi connectivity index (χ0v) is 9.81. The van der Waals surface area contributed by atoms with Gasteiger partial charge < -0.3 is 10.8 Å². The normalized spacial score (nSPS) is 12.5. The van der Waals surface area contributed by atoms with Crippen LogP contribution < -0.4 is 5.73 Å². The first-order valence-corrected chi connectivity index (χ1v) is 5.95. The summed E-state index contributed by atoms with van der Waals surface area (Å²) >= 11 is 7.39. The van der Waals surface area contributed by atoms with Crippen LogP contribution in [0.2, 0.25) is 5.02 Å². The van der Waals surface area contributed by atoms with Gasteiger partial charge in [0.25, 0.3) is 0 Å². The van der Waals surface area contributed by atoms with Gasteiger partial charge in [0.1, 0.15) is 6.04 Å². The lowest BCUT2D eigenvalue weighted by Gasteiger charge is -2.10. The van der Waals surface area contributed by atoms with E-state index < -0.39 is 12.0 Å². The van der Waals surface area contributed by atoms with Crippen molar-refractivity contribution in [2.75, 3.05) is 6.26 Å². The summed E-state index contributed by atoms with van der Waals surface area (Å²) < 4.78 is 0. The van der Waals surface area contributed by atoms with E-state index in [2.05, 4.69) is 0 Å². The Hall–Kier alpha value is -0.710. The van der Waals surface area contributed by atoms with E-state index >= 15 is 0 Å². The van der Waals surface area contributed by atoms with Crippen molar-refractivity contribution >= 4 is 29.3 Å². The number of hydrogen-bond acceptors (Lipinski definition) is 3. The molecule has 0 heterocycles. The number of carboxylic acids is 1. The Bertz CT molecular complexity index is 370. The number of carbonyl (C=O) groups is 1. The van der Waals surface area contributed by atoms with Crippen molar-refractivity contribution < 1.29 is 9.90 Å². The molecule has 0 saturated heterocycles. The Morgan fingerprint density at radius 1 is 1.67 bits per heavy atom. The fraction of sp³-hybridized carbons (Fsp3) is 0.300. The minimum Gasteiger partial charge on any atom is -0.480 e. The second-order valence-corrected chi connectivity index (χ2v) is 4.39. The Morgan fingerprint density at radius 3 is 2.87 bits per heavy atom. The van der Waals surface area contributed by atoms with Crippen molar-refractivity contribution in [3.8, 4) is 0 Å². The molecule has 0 bridgehead atoms. The molecule has 0 amide bonds. The highest BCUT2D eigenvalue weighted by molar-refractivity contribution is 7.98. The summed E-state index contributed by atoms with van der Waals surface area (Å²) in [5.41, 5.74) is 6.35. The quantitative estimate of drug-likeness (QED) is 0.797. The van der Waals surface area contributed by atoms with Crippen LogP contribution in [0.4, 0.5) is 0 Å². The molecule has 0 aliphatic heterocycles. The maximum atomic E-state index is 10.6. The van der Waals surface area contributed by atoms with Crippen LogP contribution in [-0.4, -0.2) is 23.4 Å². The summed E-state index contributed by atoms with van der Waals surface area (Å²) in [6.45, 7) is 0. The second kappa shape index (κ2) is 5.39. The molecule has 0 fully saturated rings. The van der Waals surface area contributed by atoms with E-state index in [1.54, 1.807) is 23.9 Å². The van der Waals surface area contributed by atoms with Gasteiger partial charge in [0, 0.05) is 9.92 Å². The predicted octanol–water partition coefficient (Wildman–Crippen LogP) is 2.02. The van der Waals surface area contributed by atoms with Gasteiger partial charge in [-0.3, -0.25) is 4.79 Å². The summed E-state index contributed by atoms with van der Waals surface area (Å²) in [6.07, 6.45) is 2.23. The summed E-state index contributed by atoms with van der Waals surface area (Å²) in [4.78, 5) is 11.6. The number of thioether (sulfide) groups is 1. The largest absolute Gasteiger partial charge is 0.480 e. The van der Waals surface area contributed by atoms with Crippen LogP contribution in [0, 0.1) is 0 Å². The third-order valence-corrected chi connectivity index (χ3v) is 3.07. The molecule has 3 nitrogen and oxygen atoms in total. The number of aliphatic carboxylic acids is 1. The first-order chi connectivity index (χ1) is 7.04. The minimum absolute atomic E-state index is 0.298. The minimum atomic E-state index is -0.998. The maximum absolute atomic E-state index is 10.6. The smallest absolute Gasteiger partial charge is 0.320 e. The van der Waals surface area contributed by atoms with Crippen LogP contribution in [0.3, 0.4) is 0 Å². The lowest BCUT2D eigenvalue weighted by Crippen LogP contribution is -2.32. The Morgan fingerprint density at radius 2 is 2.33 bits per heavy atom. The van der Waals surface area contributed by atoms with Crippen LogP contribution in [0.15, 0.2) is 23.1 Å². The highest BCUT2D eigenvalue weighted by Gasteiger charge is 2.14. The molecule has 1 unspecified atom stereocenters. The van der Waals surface area contributed by atoms with Gasteiger partial charge in [-0.1, -0.05) is 11.6 Å². The molecule has 0 aliphatic rings. The van der Waals surface area contributed by atoms with Crippen molar-refractivity contribution in [1.29, 1.82) is 0 Å². The maximum Gasteiger partial charge on any atom is 0.320 e. The fourth-order valence-electron chi connectivity index (χ4n) is 1.23. The van der Waals surface area contributed by atoms with E-state index in [0.717, 1.165) is 10.5 Å². The van der Waals surface area contributed by atoms with Gasteiger partial charge in [-0.2, -0.15) is 0 Å². The van der Waals surface area contributed by atoms with Crippen molar-refractivity contribution in [3.63, 3.8) is 0 Å². The lowest BCUT2D eigenvalue weighted by molar-refractivity contribution is -0.138. The summed E-state index contributed by atoms with van der Waals surface area (Å²) in [5, 5.41) is 9.31. The van der Waals surface area contributed by atoms with Gasteiger partial charge in [-0.05, 0) is 36.4 Å². The number of nitrogens with two attached hydrogens (primary N) is 1. The van der Waals surface area contributed by atoms with Crippen LogP contribution in [0.25, 0.3) is 0 Å². The predicted molar refractivity (Wildman–Crippen MR) is 62.5 cm³/mol. The average molecular weight is 246 g/mol. The van der Waals surface area contributed by atoms with E-state index in [4.69, 9.17) is 22.4 Å². The molecule has 0 aromatic heterocycles. The lowest BCUT2D eigenvalue weighted by atomic mass is 10.1. The van der Waals surface area contributed by atoms with E-state index in [1.807, 2.05) is 12.3 Å². The average Bonchev–Trinajstić information content (AvgIpc) is 2.18. The molecule has 0 spiro atoms. The number of rotatable bonds is 4. The molecule has 0 aliphatic carbocycles. The molecule has 1 rings (SSSR count). The molecular formula is C10H12ClNO2S. The van der Waals surface area contributed by atoms with Gasteiger partial charge in [-0.25, -0.2) is 0 Å². The Labute approximate surface area is 97.6 Å². The number of halogens is 1. The van der Waals surface area contributed by atoms with Gasteiger partial charge in [-0.15, -0.1) is 11.8 Å². The molecule has 82 valence electrons. The van der Waals surface area contributed by atoms with Crippen molar-refractivity contribution in [3.05, 3.63) is 28.8 Å². The topological polar surface area (TPSA) is 63.3 Å². The Kier molecular flexibility index (Phi) is 4.45. The zero-order valence-electron chi connectivity index (χ0n) is 8.24. The first-order valence-electron chi connectivity index (χ1n) is 4.35. The van der Waals surface area contributed by atoms with Crippen LogP contribution in [0.5, 0.6) is 0 Å². The second-order valence-electron chi connectivity index (χ2n) is 3.11. The van der Waals surface area contributed by atoms with Crippen LogP contribution in [0.1, 0.15) is 5.56 Å². The number of carboxylic acid groups (broad SMARTS) is 1. The molecular weight excluding hydrogens is 234 g/mol. The van der Waals surface area contributed by atoms with Crippen molar-refractivity contribution in [2.45, 2.75) is 17.4 Å². The fourth-order valence-corrected chi connectivity index (χ4v) is 2.03. The van der Waals surface area contributed by atoms with Gasteiger partial charge >= 0.3 is 5.97 Å². The number of hydrogen-bond donors (Lipinski definition) is 2. The molecule has 5 heteroatoms.